The van der Waals surface area contributed by atoms with Crippen molar-refractivity contribution in [2.45, 2.75) is 63.8 Å². The molecule has 0 bridgehead atoms. The minimum Gasteiger partial charge on any atom is -0.444 e. The van der Waals surface area contributed by atoms with E-state index in [1.807, 2.05) is 20.8 Å². The summed E-state index contributed by atoms with van der Waals surface area (Å²) in [4.78, 5) is 13.8. The number of hydrogen-bond acceptors (Lipinski definition) is 4. The molecule has 19 heavy (non-hydrogen) atoms. The number of amides is 1. The molecular formula is C14H26N2O3. The summed E-state index contributed by atoms with van der Waals surface area (Å²) in [7, 11) is 1.71. The molecule has 5 nitrogen and oxygen atoms in total. The van der Waals surface area contributed by atoms with Gasteiger partial charge in [-0.1, -0.05) is 0 Å². The van der Waals surface area contributed by atoms with E-state index in [4.69, 9.17) is 9.47 Å². The minimum absolute atomic E-state index is 0.0573. The van der Waals surface area contributed by atoms with Crippen LogP contribution in [0.25, 0.3) is 0 Å². The zero-order valence-corrected chi connectivity index (χ0v) is 12.4. The van der Waals surface area contributed by atoms with Crippen LogP contribution in [0.4, 0.5) is 4.79 Å². The van der Waals surface area contributed by atoms with Crippen molar-refractivity contribution in [2.75, 3.05) is 20.2 Å². The summed E-state index contributed by atoms with van der Waals surface area (Å²) in [6, 6.07) is 1.02. The standard InChI is InChI=1S/C14H26N2O3/c1-14(2,3)19-13(17)16-8-7-11(12(9-16)18-4)15-10-5-6-10/h10-12,15H,5-9H2,1-4H3/t11-,12-/m1/s1. The highest BCUT2D eigenvalue weighted by atomic mass is 16.6. The molecule has 0 aromatic heterocycles. The van der Waals surface area contributed by atoms with Crippen molar-refractivity contribution in [1.29, 1.82) is 0 Å². The van der Waals surface area contributed by atoms with Gasteiger partial charge in [0, 0.05) is 25.7 Å². The first-order chi connectivity index (χ1) is 8.89. The van der Waals surface area contributed by atoms with Crippen LogP contribution in [0.5, 0.6) is 0 Å². The zero-order chi connectivity index (χ0) is 14.0. The van der Waals surface area contributed by atoms with Crippen LogP contribution in [0.2, 0.25) is 0 Å². The van der Waals surface area contributed by atoms with Gasteiger partial charge in [0.25, 0.3) is 0 Å². The number of nitrogens with zero attached hydrogens (tertiary/aromatic N) is 1. The van der Waals surface area contributed by atoms with Crippen LogP contribution in [-0.2, 0) is 9.47 Å². The fourth-order valence-electron chi connectivity index (χ4n) is 2.39. The molecule has 0 spiro atoms. The lowest BCUT2D eigenvalue weighted by Gasteiger charge is -2.38. The second-order valence-corrected chi connectivity index (χ2v) is 6.54. The van der Waals surface area contributed by atoms with Gasteiger partial charge < -0.3 is 19.7 Å². The second kappa shape index (κ2) is 5.67. The van der Waals surface area contributed by atoms with E-state index >= 15 is 0 Å². The summed E-state index contributed by atoms with van der Waals surface area (Å²) >= 11 is 0. The molecule has 1 aliphatic carbocycles. The third-order valence-electron chi connectivity index (χ3n) is 3.54. The molecule has 1 saturated heterocycles. The Kier molecular flexibility index (Phi) is 4.36. The van der Waals surface area contributed by atoms with Gasteiger partial charge in [0.2, 0.25) is 0 Å². The molecule has 2 fully saturated rings. The Morgan fingerprint density at radius 3 is 2.47 bits per heavy atom. The fourth-order valence-corrected chi connectivity index (χ4v) is 2.39. The predicted molar refractivity (Wildman–Crippen MR) is 73.2 cm³/mol. The summed E-state index contributed by atoms with van der Waals surface area (Å²) < 4.78 is 10.9. The van der Waals surface area contributed by atoms with Crippen molar-refractivity contribution >= 4 is 6.09 Å². The van der Waals surface area contributed by atoms with Crippen molar-refractivity contribution in [3.8, 4) is 0 Å². The Labute approximate surface area is 115 Å². The van der Waals surface area contributed by atoms with Crippen molar-refractivity contribution < 1.29 is 14.3 Å². The van der Waals surface area contributed by atoms with E-state index in [0.717, 1.165) is 13.0 Å². The average Bonchev–Trinajstić information content (AvgIpc) is 3.11. The molecule has 1 saturated carbocycles. The molecule has 2 rings (SSSR count). The number of nitrogens with one attached hydrogen (secondary N) is 1. The Morgan fingerprint density at radius 1 is 1.26 bits per heavy atom. The van der Waals surface area contributed by atoms with E-state index in [0.29, 0.717) is 18.6 Å². The Morgan fingerprint density at radius 2 is 1.95 bits per heavy atom. The largest absolute Gasteiger partial charge is 0.444 e. The van der Waals surface area contributed by atoms with Gasteiger partial charge in [0.05, 0.1) is 12.6 Å². The maximum atomic E-state index is 12.0. The number of carbonyl (C=O) groups is 1. The quantitative estimate of drug-likeness (QED) is 0.849. The molecule has 1 N–H and O–H groups in total. The molecule has 0 radical (unpaired) electrons. The van der Waals surface area contributed by atoms with Crippen molar-refractivity contribution in [3.05, 3.63) is 0 Å². The molecule has 0 unspecified atom stereocenters. The number of ether oxygens (including phenoxy) is 2. The smallest absolute Gasteiger partial charge is 0.410 e. The zero-order valence-electron chi connectivity index (χ0n) is 12.4. The minimum atomic E-state index is -0.442. The van der Waals surface area contributed by atoms with E-state index in [2.05, 4.69) is 5.32 Å². The van der Waals surface area contributed by atoms with E-state index in [1.165, 1.54) is 12.8 Å². The number of carbonyl (C=O) groups excluding carboxylic acids is 1. The van der Waals surface area contributed by atoms with Crippen LogP contribution in [0, 0.1) is 0 Å². The second-order valence-electron chi connectivity index (χ2n) is 6.54. The highest BCUT2D eigenvalue weighted by Crippen LogP contribution is 2.24. The normalized spacial score (nSPS) is 28.3. The molecule has 1 aliphatic heterocycles. The van der Waals surface area contributed by atoms with Crippen LogP contribution in [0.15, 0.2) is 0 Å². The average molecular weight is 270 g/mol. The van der Waals surface area contributed by atoms with Crippen LogP contribution in [0.3, 0.4) is 0 Å². The predicted octanol–water partition coefficient (Wildman–Crippen LogP) is 1.76. The Hall–Kier alpha value is -0.810. The van der Waals surface area contributed by atoms with Gasteiger partial charge in [-0.15, -0.1) is 0 Å². The molecule has 1 amide bonds. The fraction of sp³-hybridized carbons (Fsp3) is 0.929. The van der Waals surface area contributed by atoms with Gasteiger partial charge in [-0.3, -0.25) is 0 Å². The summed E-state index contributed by atoms with van der Waals surface area (Å²) in [5, 5.41) is 3.60. The summed E-state index contributed by atoms with van der Waals surface area (Å²) in [5.41, 5.74) is -0.442. The third kappa shape index (κ3) is 4.35. The van der Waals surface area contributed by atoms with E-state index < -0.39 is 5.60 Å². The van der Waals surface area contributed by atoms with Gasteiger partial charge in [-0.25, -0.2) is 4.79 Å². The lowest BCUT2D eigenvalue weighted by atomic mass is 10.0. The van der Waals surface area contributed by atoms with Gasteiger partial charge in [0.1, 0.15) is 5.60 Å². The number of methoxy groups -OCH3 is 1. The van der Waals surface area contributed by atoms with E-state index in [-0.39, 0.29) is 12.2 Å². The first-order valence-electron chi connectivity index (χ1n) is 7.16. The molecule has 2 atom stereocenters. The molecule has 0 aromatic rings. The molecule has 2 aliphatic rings. The van der Waals surface area contributed by atoms with Crippen LogP contribution >= 0.6 is 0 Å². The molecule has 0 aromatic carbocycles. The molecule has 110 valence electrons. The van der Waals surface area contributed by atoms with E-state index in [1.54, 1.807) is 12.0 Å². The molecular weight excluding hydrogens is 244 g/mol. The summed E-state index contributed by atoms with van der Waals surface area (Å²) in [6.07, 6.45) is 3.28. The molecule has 5 heteroatoms. The highest BCUT2D eigenvalue weighted by Gasteiger charge is 2.36. The summed E-state index contributed by atoms with van der Waals surface area (Å²) in [5.74, 6) is 0. The monoisotopic (exact) mass is 270 g/mol. The topological polar surface area (TPSA) is 50.8 Å². The van der Waals surface area contributed by atoms with Gasteiger partial charge in [0.15, 0.2) is 0 Å². The van der Waals surface area contributed by atoms with Crippen molar-refractivity contribution in [2.24, 2.45) is 0 Å². The van der Waals surface area contributed by atoms with Gasteiger partial charge in [-0.05, 0) is 40.0 Å². The number of hydrogen-bond donors (Lipinski definition) is 1. The van der Waals surface area contributed by atoms with Crippen LogP contribution in [-0.4, -0.2) is 55.0 Å². The van der Waals surface area contributed by atoms with Gasteiger partial charge in [-0.2, -0.15) is 0 Å². The van der Waals surface area contributed by atoms with Crippen LogP contribution < -0.4 is 5.32 Å². The lowest BCUT2D eigenvalue weighted by molar-refractivity contribution is -0.0184. The number of piperidine rings is 1. The SMILES string of the molecule is CO[C@@H]1CN(C(=O)OC(C)(C)C)CC[C@H]1NC1CC1. The first-order valence-corrected chi connectivity index (χ1v) is 7.16. The van der Waals surface area contributed by atoms with Crippen molar-refractivity contribution in [3.63, 3.8) is 0 Å². The maximum absolute atomic E-state index is 12.0. The maximum Gasteiger partial charge on any atom is 0.410 e. The Bertz CT molecular complexity index is 323. The van der Waals surface area contributed by atoms with Gasteiger partial charge >= 0.3 is 6.09 Å². The lowest BCUT2D eigenvalue weighted by Crippen LogP contribution is -2.55. The molecule has 1 heterocycles. The number of rotatable bonds is 3. The highest BCUT2D eigenvalue weighted by molar-refractivity contribution is 5.68. The van der Waals surface area contributed by atoms with E-state index in [9.17, 15) is 4.79 Å². The van der Waals surface area contributed by atoms with Crippen molar-refractivity contribution in [1.82, 2.24) is 10.2 Å². The third-order valence-corrected chi connectivity index (χ3v) is 3.54. The Balaban J connectivity index is 1.86. The van der Waals surface area contributed by atoms with Crippen LogP contribution in [0.1, 0.15) is 40.0 Å². The first kappa shape index (κ1) is 14.6. The number of likely N-dealkylation sites (tertiary alicyclic amines) is 1. The summed E-state index contributed by atoms with van der Waals surface area (Å²) in [6.45, 7) is 7.01.